The van der Waals surface area contributed by atoms with Crippen molar-refractivity contribution in [3.05, 3.63) is 54.2 Å². The number of rotatable bonds is 5. The number of pyridine rings is 1. The van der Waals surface area contributed by atoms with Crippen LogP contribution in [0.4, 0.5) is 5.69 Å². The number of hydrogen-bond donors (Lipinski definition) is 1. The molecule has 1 atom stereocenters. The summed E-state index contributed by atoms with van der Waals surface area (Å²) >= 11 is 1.58. The molecular weight excluding hydrogens is 310 g/mol. The highest BCUT2D eigenvalue weighted by Crippen LogP contribution is 2.22. The Labute approximate surface area is 139 Å². The Hall–Kier alpha value is -2.34. The van der Waals surface area contributed by atoms with E-state index < -0.39 is 6.04 Å². The van der Waals surface area contributed by atoms with Gasteiger partial charge in [0, 0.05) is 17.4 Å². The summed E-state index contributed by atoms with van der Waals surface area (Å²) in [7, 11) is 0. The van der Waals surface area contributed by atoms with Crippen molar-refractivity contribution in [1.82, 2.24) is 10.3 Å². The van der Waals surface area contributed by atoms with Gasteiger partial charge in [-0.25, -0.2) is 4.98 Å². The third-order valence-corrected chi connectivity index (χ3v) is 4.40. The molecule has 0 unspecified atom stereocenters. The van der Waals surface area contributed by atoms with Crippen molar-refractivity contribution >= 4 is 29.3 Å². The predicted molar refractivity (Wildman–Crippen MR) is 90.7 cm³/mol. The van der Waals surface area contributed by atoms with Gasteiger partial charge in [-0.2, -0.15) is 0 Å². The zero-order valence-corrected chi connectivity index (χ0v) is 13.5. The van der Waals surface area contributed by atoms with Crippen LogP contribution in [-0.2, 0) is 4.79 Å². The molecule has 1 aromatic carbocycles. The molecule has 3 rings (SSSR count). The van der Waals surface area contributed by atoms with Gasteiger partial charge in [0.1, 0.15) is 6.04 Å². The van der Waals surface area contributed by atoms with Crippen LogP contribution in [0.15, 0.2) is 53.7 Å². The van der Waals surface area contributed by atoms with Crippen LogP contribution in [0.3, 0.4) is 0 Å². The number of aromatic nitrogens is 1. The quantitative estimate of drug-likeness (QED) is 0.676. The Bertz CT molecular complexity index is 721. The van der Waals surface area contributed by atoms with E-state index in [0.29, 0.717) is 12.1 Å². The fourth-order valence-electron chi connectivity index (χ4n) is 2.39. The third kappa shape index (κ3) is 3.37. The molecule has 0 aliphatic carbocycles. The summed E-state index contributed by atoms with van der Waals surface area (Å²) in [5.41, 5.74) is 1.38. The third-order valence-electron chi connectivity index (χ3n) is 3.59. The number of carbonyl (C=O) groups is 2. The minimum Gasteiger partial charge on any atom is -0.339 e. The van der Waals surface area contributed by atoms with E-state index in [2.05, 4.69) is 10.3 Å². The number of anilines is 1. The van der Waals surface area contributed by atoms with E-state index in [0.717, 1.165) is 16.5 Å². The molecule has 1 N–H and O–H groups in total. The zero-order chi connectivity index (χ0) is 16.2. The Morgan fingerprint density at radius 2 is 2.13 bits per heavy atom. The van der Waals surface area contributed by atoms with Crippen LogP contribution in [0.1, 0.15) is 17.3 Å². The average molecular weight is 327 g/mol. The smallest absolute Gasteiger partial charge is 0.252 e. The van der Waals surface area contributed by atoms with Gasteiger partial charge in [0.05, 0.1) is 11.6 Å². The van der Waals surface area contributed by atoms with Crippen LogP contribution < -0.4 is 10.2 Å². The lowest BCUT2D eigenvalue weighted by atomic mass is 10.1. The number of nitrogens with one attached hydrogen (secondary N) is 1. The van der Waals surface area contributed by atoms with Crippen molar-refractivity contribution < 1.29 is 9.59 Å². The number of hydrogen-bond acceptors (Lipinski definition) is 4. The van der Waals surface area contributed by atoms with Crippen LogP contribution in [0.2, 0.25) is 0 Å². The van der Waals surface area contributed by atoms with Crippen LogP contribution in [0, 0.1) is 0 Å². The van der Waals surface area contributed by atoms with E-state index in [1.54, 1.807) is 35.0 Å². The number of amides is 2. The van der Waals surface area contributed by atoms with Crippen molar-refractivity contribution in [3.8, 4) is 0 Å². The monoisotopic (exact) mass is 327 g/mol. The highest BCUT2D eigenvalue weighted by atomic mass is 32.2. The lowest BCUT2D eigenvalue weighted by Gasteiger charge is -2.38. The number of para-hydroxylation sites is 1. The summed E-state index contributed by atoms with van der Waals surface area (Å²) in [6, 6.07) is 12.4. The molecule has 118 valence electrons. The molecule has 0 bridgehead atoms. The van der Waals surface area contributed by atoms with Gasteiger partial charge in [-0.15, -0.1) is 11.8 Å². The number of β-lactam (4-membered cyclic amide) rings is 1. The van der Waals surface area contributed by atoms with Crippen molar-refractivity contribution in [2.24, 2.45) is 0 Å². The van der Waals surface area contributed by atoms with E-state index in [-0.39, 0.29) is 11.8 Å². The highest BCUT2D eigenvalue weighted by Gasteiger charge is 2.38. The van der Waals surface area contributed by atoms with Gasteiger partial charge in [-0.05, 0) is 30.0 Å². The molecule has 1 saturated heterocycles. The molecule has 0 spiro atoms. The van der Waals surface area contributed by atoms with Crippen molar-refractivity contribution in [3.63, 3.8) is 0 Å². The maximum atomic E-state index is 12.3. The Morgan fingerprint density at radius 1 is 1.35 bits per heavy atom. The molecule has 1 fully saturated rings. The molecule has 1 aromatic heterocycles. The lowest BCUT2D eigenvalue weighted by molar-refractivity contribution is -0.124. The Kier molecular flexibility index (Phi) is 4.62. The van der Waals surface area contributed by atoms with Gasteiger partial charge >= 0.3 is 0 Å². The van der Waals surface area contributed by atoms with Gasteiger partial charge in [-0.3, -0.25) is 9.59 Å². The largest absolute Gasteiger partial charge is 0.339 e. The second-order valence-electron chi connectivity index (χ2n) is 5.13. The number of nitrogens with zero attached hydrogens (tertiary/aromatic N) is 2. The number of carbonyl (C=O) groups excluding carboxylic acids is 2. The van der Waals surface area contributed by atoms with Gasteiger partial charge in [0.15, 0.2) is 0 Å². The minimum atomic E-state index is -0.460. The molecule has 2 aromatic rings. The maximum absolute atomic E-state index is 12.3. The highest BCUT2D eigenvalue weighted by molar-refractivity contribution is 7.99. The molecule has 2 heterocycles. The van der Waals surface area contributed by atoms with E-state index in [4.69, 9.17) is 0 Å². The summed E-state index contributed by atoms with van der Waals surface area (Å²) in [4.78, 5) is 30.3. The number of thioether (sulfide) groups is 1. The SMILES string of the molecule is CCSc1cc(C(=O)N[C@@H]2CN(c3ccccc3)C2=O)ccn1. The topological polar surface area (TPSA) is 62.3 Å². The molecule has 1 aliphatic heterocycles. The summed E-state index contributed by atoms with van der Waals surface area (Å²) < 4.78 is 0. The zero-order valence-electron chi connectivity index (χ0n) is 12.7. The van der Waals surface area contributed by atoms with Gasteiger partial charge < -0.3 is 10.2 Å². The van der Waals surface area contributed by atoms with Gasteiger partial charge in [-0.1, -0.05) is 25.1 Å². The first-order chi connectivity index (χ1) is 11.2. The van der Waals surface area contributed by atoms with Crippen molar-refractivity contribution in [2.45, 2.75) is 18.0 Å². The van der Waals surface area contributed by atoms with Gasteiger partial charge in [0.25, 0.3) is 11.8 Å². The van der Waals surface area contributed by atoms with Crippen LogP contribution in [0.25, 0.3) is 0 Å². The van der Waals surface area contributed by atoms with Crippen LogP contribution >= 0.6 is 11.8 Å². The predicted octanol–water partition coefficient (Wildman–Crippen LogP) is 2.34. The molecule has 5 nitrogen and oxygen atoms in total. The summed E-state index contributed by atoms with van der Waals surface area (Å²) in [6.45, 7) is 2.53. The number of benzene rings is 1. The first-order valence-corrected chi connectivity index (χ1v) is 8.43. The fraction of sp³-hybridized carbons (Fsp3) is 0.235. The summed E-state index contributed by atoms with van der Waals surface area (Å²) in [5.74, 6) is 0.573. The van der Waals surface area contributed by atoms with Crippen LogP contribution in [-0.4, -0.2) is 35.1 Å². The normalized spacial score (nSPS) is 16.8. The van der Waals surface area contributed by atoms with Gasteiger partial charge in [0.2, 0.25) is 0 Å². The second kappa shape index (κ2) is 6.83. The molecule has 6 heteroatoms. The van der Waals surface area contributed by atoms with Crippen molar-refractivity contribution in [1.29, 1.82) is 0 Å². The summed E-state index contributed by atoms with van der Waals surface area (Å²) in [5, 5.41) is 3.60. The molecule has 2 amide bonds. The summed E-state index contributed by atoms with van der Waals surface area (Å²) in [6.07, 6.45) is 1.62. The standard InChI is InChI=1S/C17H17N3O2S/c1-2-23-15-10-12(8-9-18-15)16(21)19-14-11-20(17(14)22)13-6-4-3-5-7-13/h3-10,14H,2,11H2,1H3,(H,19,21)/t14-/m1/s1. The Balaban J connectivity index is 1.62. The van der Waals surface area contributed by atoms with Crippen molar-refractivity contribution in [2.75, 3.05) is 17.2 Å². The van der Waals surface area contributed by atoms with E-state index in [1.165, 1.54) is 0 Å². The van der Waals surface area contributed by atoms with E-state index in [1.807, 2.05) is 37.3 Å². The molecular formula is C17H17N3O2S. The lowest BCUT2D eigenvalue weighted by Crippen LogP contribution is -2.64. The molecule has 0 radical (unpaired) electrons. The Morgan fingerprint density at radius 3 is 2.83 bits per heavy atom. The van der Waals surface area contributed by atoms with E-state index >= 15 is 0 Å². The minimum absolute atomic E-state index is 0.0817. The first kappa shape index (κ1) is 15.6. The molecule has 1 aliphatic rings. The molecule has 23 heavy (non-hydrogen) atoms. The van der Waals surface area contributed by atoms with Crippen LogP contribution in [0.5, 0.6) is 0 Å². The van der Waals surface area contributed by atoms with E-state index in [9.17, 15) is 9.59 Å². The first-order valence-electron chi connectivity index (χ1n) is 7.45. The second-order valence-corrected chi connectivity index (χ2v) is 6.41. The maximum Gasteiger partial charge on any atom is 0.252 e. The fourth-order valence-corrected chi connectivity index (χ4v) is 3.03. The molecule has 0 saturated carbocycles. The average Bonchev–Trinajstić information content (AvgIpc) is 2.59.